The lowest BCUT2D eigenvalue weighted by Gasteiger charge is -2.25. The van der Waals surface area contributed by atoms with Gasteiger partial charge in [0.2, 0.25) is 5.91 Å². The fourth-order valence-electron chi connectivity index (χ4n) is 2.64. The number of likely N-dealkylation sites (tertiary alicyclic amines) is 1. The van der Waals surface area contributed by atoms with E-state index in [4.69, 9.17) is 0 Å². The Morgan fingerprint density at radius 3 is 2.67 bits per heavy atom. The summed E-state index contributed by atoms with van der Waals surface area (Å²) in [6.07, 6.45) is 9.33. The van der Waals surface area contributed by atoms with Crippen LogP contribution in [0.4, 0.5) is 0 Å². The predicted octanol–water partition coefficient (Wildman–Crippen LogP) is 0.849. The Labute approximate surface area is 110 Å². The molecule has 0 spiro atoms. The molecule has 4 heteroatoms. The molecule has 0 unspecified atom stereocenters. The summed E-state index contributed by atoms with van der Waals surface area (Å²) >= 11 is 0. The van der Waals surface area contributed by atoms with Crippen LogP contribution in [0.15, 0.2) is 12.2 Å². The highest BCUT2D eigenvalue weighted by Crippen LogP contribution is 2.09. The molecule has 0 aliphatic carbocycles. The molecule has 1 N–H and O–H groups in total. The van der Waals surface area contributed by atoms with E-state index in [-0.39, 0.29) is 11.9 Å². The molecule has 1 amide bonds. The van der Waals surface area contributed by atoms with Gasteiger partial charge in [-0.15, -0.1) is 0 Å². The Balaban J connectivity index is 1.71. The first kappa shape index (κ1) is 13.6. The molecule has 0 saturated carbocycles. The minimum Gasteiger partial charge on any atom is -0.343 e. The maximum atomic E-state index is 12.1. The number of likely N-dealkylation sites (N-methyl/N-ethyl adjacent to an activating group) is 1. The highest BCUT2D eigenvalue weighted by molar-refractivity contribution is 5.84. The van der Waals surface area contributed by atoms with E-state index < -0.39 is 0 Å². The van der Waals surface area contributed by atoms with Crippen molar-refractivity contribution in [2.45, 2.75) is 31.7 Å². The van der Waals surface area contributed by atoms with Crippen molar-refractivity contribution >= 4 is 5.91 Å². The lowest BCUT2D eigenvalue weighted by Crippen LogP contribution is -2.44. The zero-order chi connectivity index (χ0) is 12.8. The second-order valence-corrected chi connectivity index (χ2v) is 5.33. The van der Waals surface area contributed by atoms with Crippen molar-refractivity contribution in [2.24, 2.45) is 0 Å². The Morgan fingerprint density at radius 1 is 1.33 bits per heavy atom. The molecule has 0 aromatic rings. The summed E-state index contributed by atoms with van der Waals surface area (Å²) in [4.78, 5) is 16.4. The van der Waals surface area contributed by atoms with Gasteiger partial charge in [0.15, 0.2) is 0 Å². The second kappa shape index (κ2) is 6.90. The summed E-state index contributed by atoms with van der Waals surface area (Å²) in [5.41, 5.74) is 0. The van der Waals surface area contributed by atoms with Gasteiger partial charge in [-0.3, -0.25) is 10.1 Å². The van der Waals surface area contributed by atoms with E-state index >= 15 is 0 Å². The van der Waals surface area contributed by atoms with Gasteiger partial charge < -0.3 is 9.80 Å². The quantitative estimate of drug-likeness (QED) is 0.752. The van der Waals surface area contributed by atoms with Gasteiger partial charge >= 0.3 is 0 Å². The van der Waals surface area contributed by atoms with Crippen LogP contribution in [0.1, 0.15) is 25.7 Å². The summed E-state index contributed by atoms with van der Waals surface area (Å²) < 4.78 is 0. The van der Waals surface area contributed by atoms with Gasteiger partial charge in [-0.25, -0.2) is 0 Å². The fourth-order valence-corrected chi connectivity index (χ4v) is 2.64. The SMILES string of the molecule is CN(CCN1CCCCCC1)C(=O)[C@@H]1C=CCN1. The van der Waals surface area contributed by atoms with Gasteiger partial charge in [0.1, 0.15) is 6.04 Å². The highest BCUT2D eigenvalue weighted by atomic mass is 16.2. The van der Waals surface area contributed by atoms with Crippen LogP contribution < -0.4 is 5.32 Å². The number of carbonyl (C=O) groups excluding carboxylic acids is 1. The summed E-state index contributed by atoms with van der Waals surface area (Å²) in [6.45, 7) is 5.06. The van der Waals surface area contributed by atoms with Crippen molar-refractivity contribution in [2.75, 3.05) is 39.8 Å². The fraction of sp³-hybridized carbons (Fsp3) is 0.786. The van der Waals surface area contributed by atoms with Crippen molar-refractivity contribution in [3.05, 3.63) is 12.2 Å². The lowest BCUT2D eigenvalue weighted by molar-refractivity contribution is -0.130. The maximum Gasteiger partial charge on any atom is 0.243 e. The normalized spacial score (nSPS) is 25.1. The minimum atomic E-state index is -0.0980. The van der Waals surface area contributed by atoms with E-state index in [0.29, 0.717) is 0 Å². The third-order valence-electron chi connectivity index (χ3n) is 3.88. The molecule has 102 valence electrons. The van der Waals surface area contributed by atoms with E-state index in [1.54, 1.807) is 0 Å². The zero-order valence-corrected chi connectivity index (χ0v) is 11.4. The largest absolute Gasteiger partial charge is 0.343 e. The van der Waals surface area contributed by atoms with Gasteiger partial charge in [-0.1, -0.05) is 25.0 Å². The number of nitrogens with one attached hydrogen (secondary N) is 1. The molecule has 2 aliphatic rings. The standard InChI is InChI=1S/C14H25N3O/c1-16(14(18)13-7-6-8-15-13)11-12-17-9-4-2-3-5-10-17/h6-7,13,15H,2-5,8-12H2,1H3/t13-/m0/s1. The number of carbonyl (C=O) groups is 1. The first-order chi connectivity index (χ1) is 8.77. The highest BCUT2D eigenvalue weighted by Gasteiger charge is 2.21. The molecule has 1 fully saturated rings. The first-order valence-corrected chi connectivity index (χ1v) is 7.15. The van der Waals surface area contributed by atoms with Crippen molar-refractivity contribution in [1.29, 1.82) is 0 Å². The molecule has 0 radical (unpaired) electrons. The summed E-state index contributed by atoms with van der Waals surface area (Å²) in [6, 6.07) is -0.0980. The van der Waals surface area contributed by atoms with Crippen LogP contribution in [-0.4, -0.2) is 61.5 Å². The van der Waals surface area contributed by atoms with Crippen LogP contribution in [-0.2, 0) is 4.79 Å². The number of hydrogen-bond acceptors (Lipinski definition) is 3. The van der Waals surface area contributed by atoms with E-state index in [1.165, 1.54) is 38.8 Å². The van der Waals surface area contributed by atoms with Gasteiger partial charge in [0, 0.05) is 26.7 Å². The summed E-state index contributed by atoms with van der Waals surface area (Å²) in [7, 11) is 1.91. The van der Waals surface area contributed by atoms with Gasteiger partial charge in [0.05, 0.1) is 0 Å². The maximum absolute atomic E-state index is 12.1. The average molecular weight is 251 g/mol. The van der Waals surface area contributed by atoms with Crippen molar-refractivity contribution < 1.29 is 4.79 Å². The zero-order valence-electron chi connectivity index (χ0n) is 11.4. The third kappa shape index (κ3) is 3.82. The Bertz CT molecular complexity index is 295. The topological polar surface area (TPSA) is 35.6 Å². The number of amides is 1. The van der Waals surface area contributed by atoms with Crippen LogP contribution in [0, 0.1) is 0 Å². The molecule has 0 aromatic carbocycles. The minimum absolute atomic E-state index is 0.0980. The molecule has 0 bridgehead atoms. The van der Waals surface area contributed by atoms with Crippen LogP contribution in [0.25, 0.3) is 0 Å². The average Bonchev–Trinajstić information content (AvgIpc) is 2.79. The van der Waals surface area contributed by atoms with Gasteiger partial charge in [-0.2, -0.15) is 0 Å². The molecular formula is C14H25N3O. The Kier molecular flexibility index (Phi) is 5.20. The van der Waals surface area contributed by atoms with Crippen molar-refractivity contribution in [3.63, 3.8) is 0 Å². The Morgan fingerprint density at radius 2 is 2.06 bits per heavy atom. The molecular weight excluding hydrogens is 226 g/mol. The predicted molar refractivity (Wildman–Crippen MR) is 73.5 cm³/mol. The molecule has 4 nitrogen and oxygen atoms in total. The number of rotatable bonds is 4. The van der Waals surface area contributed by atoms with E-state index in [0.717, 1.165) is 19.6 Å². The molecule has 1 atom stereocenters. The molecule has 1 saturated heterocycles. The molecule has 2 heterocycles. The number of hydrogen-bond donors (Lipinski definition) is 1. The third-order valence-corrected chi connectivity index (χ3v) is 3.88. The summed E-state index contributed by atoms with van der Waals surface area (Å²) in [5.74, 6) is 0.193. The molecule has 2 rings (SSSR count). The van der Waals surface area contributed by atoms with E-state index in [9.17, 15) is 4.79 Å². The van der Waals surface area contributed by atoms with Gasteiger partial charge in [0.25, 0.3) is 0 Å². The van der Waals surface area contributed by atoms with Crippen LogP contribution in [0.2, 0.25) is 0 Å². The van der Waals surface area contributed by atoms with Crippen LogP contribution in [0.5, 0.6) is 0 Å². The molecule has 2 aliphatic heterocycles. The van der Waals surface area contributed by atoms with Crippen LogP contribution in [0.3, 0.4) is 0 Å². The first-order valence-electron chi connectivity index (χ1n) is 7.15. The van der Waals surface area contributed by atoms with Gasteiger partial charge in [-0.05, 0) is 25.9 Å². The second-order valence-electron chi connectivity index (χ2n) is 5.33. The molecule has 18 heavy (non-hydrogen) atoms. The van der Waals surface area contributed by atoms with E-state index in [1.807, 2.05) is 24.1 Å². The Hall–Kier alpha value is -0.870. The summed E-state index contributed by atoms with van der Waals surface area (Å²) in [5, 5.41) is 3.17. The monoisotopic (exact) mass is 251 g/mol. The van der Waals surface area contributed by atoms with Crippen molar-refractivity contribution in [3.8, 4) is 0 Å². The van der Waals surface area contributed by atoms with E-state index in [2.05, 4.69) is 10.2 Å². The van der Waals surface area contributed by atoms with Crippen LogP contribution >= 0.6 is 0 Å². The number of nitrogens with zero attached hydrogens (tertiary/aromatic N) is 2. The molecule has 0 aromatic heterocycles. The lowest BCUT2D eigenvalue weighted by atomic mass is 10.2. The van der Waals surface area contributed by atoms with Crippen molar-refractivity contribution in [1.82, 2.24) is 15.1 Å². The smallest absolute Gasteiger partial charge is 0.243 e.